The molecule has 51 heavy (non-hydrogen) atoms. The van der Waals surface area contributed by atoms with Gasteiger partial charge in [-0.05, 0) is 80.2 Å². The number of furan rings is 1. The molecule has 0 saturated carbocycles. The molecule has 8 aromatic carbocycles. The zero-order valence-corrected chi connectivity index (χ0v) is 27.5. The molecule has 4 heteroatoms. The van der Waals surface area contributed by atoms with Crippen molar-refractivity contribution in [3.05, 3.63) is 176 Å². The maximum absolute atomic E-state index is 6.70. The van der Waals surface area contributed by atoms with E-state index in [1.54, 1.807) is 0 Å². The van der Waals surface area contributed by atoms with Gasteiger partial charge in [-0.1, -0.05) is 140 Å². The van der Waals surface area contributed by atoms with Crippen LogP contribution in [0.4, 0.5) is 0 Å². The lowest BCUT2D eigenvalue weighted by Crippen LogP contribution is -2.00. The van der Waals surface area contributed by atoms with Crippen molar-refractivity contribution in [2.24, 2.45) is 0 Å². The molecular weight excluding hydrogens is 623 g/mol. The molecule has 4 nitrogen and oxygen atoms in total. The van der Waals surface area contributed by atoms with Crippen LogP contribution in [0.25, 0.3) is 99.9 Å². The maximum Gasteiger partial charge on any atom is 0.164 e. The summed E-state index contributed by atoms with van der Waals surface area (Å²) in [5, 5.41) is 6.65. The minimum Gasteiger partial charge on any atom is -0.456 e. The van der Waals surface area contributed by atoms with E-state index >= 15 is 0 Å². The Kier molecular flexibility index (Phi) is 6.78. The third-order valence-corrected chi connectivity index (χ3v) is 9.66. The minimum absolute atomic E-state index is 0.596. The molecule has 0 atom stereocenters. The van der Waals surface area contributed by atoms with Crippen LogP contribution in [-0.4, -0.2) is 15.0 Å². The predicted octanol–water partition coefficient (Wildman–Crippen LogP) is 12.4. The molecule has 0 fully saturated rings. The molecule has 2 heterocycles. The third kappa shape index (κ3) is 5.22. The molecule has 0 aliphatic heterocycles. The van der Waals surface area contributed by atoms with Gasteiger partial charge in [0.15, 0.2) is 17.5 Å². The predicted molar refractivity (Wildman–Crippen MR) is 209 cm³/mol. The summed E-state index contributed by atoms with van der Waals surface area (Å²) in [5.74, 6) is 1.84. The summed E-state index contributed by atoms with van der Waals surface area (Å²) >= 11 is 0. The molecule has 2 aromatic heterocycles. The van der Waals surface area contributed by atoms with Crippen molar-refractivity contribution in [3.8, 4) is 56.4 Å². The van der Waals surface area contributed by atoms with Crippen LogP contribution in [0.5, 0.6) is 0 Å². The molecule has 0 radical (unpaired) electrons. The first-order valence-electron chi connectivity index (χ1n) is 17.1. The van der Waals surface area contributed by atoms with Gasteiger partial charge in [-0.25, -0.2) is 15.0 Å². The van der Waals surface area contributed by atoms with Gasteiger partial charge in [-0.15, -0.1) is 0 Å². The Hall–Kier alpha value is -6.91. The first-order chi connectivity index (χ1) is 25.2. The lowest BCUT2D eigenvalue weighted by Gasteiger charge is -2.12. The fourth-order valence-electron chi connectivity index (χ4n) is 7.10. The highest BCUT2D eigenvalue weighted by molar-refractivity contribution is 6.16. The van der Waals surface area contributed by atoms with Gasteiger partial charge >= 0.3 is 0 Å². The summed E-state index contributed by atoms with van der Waals surface area (Å²) in [7, 11) is 0. The molecule has 0 bridgehead atoms. The minimum atomic E-state index is 0.596. The van der Waals surface area contributed by atoms with E-state index in [0.29, 0.717) is 17.5 Å². The average Bonchev–Trinajstić information content (AvgIpc) is 3.57. The first kappa shape index (κ1) is 29.0. The van der Waals surface area contributed by atoms with Crippen molar-refractivity contribution in [3.63, 3.8) is 0 Å². The fraction of sp³-hybridized carbons (Fsp3) is 0. The fourth-order valence-corrected chi connectivity index (χ4v) is 7.10. The Morgan fingerprint density at radius 2 is 0.804 bits per heavy atom. The standard InChI is InChI=1S/C47H29N3O/c1-4-12-30(13-5-1)35-20-21-37-25-38(23-22-36(37)24-35)39-27-41(44-40-26-33-18-10-11-19-34(33)28-42(40)51-43(44)29-39)47-49-45(31-14-6-2-7-15-31)48-46(50-47)32-16-8-3-9-17-32/h1-29H. The van der Waals surface area contributed by atoms with Crippen LogP contribution in [-0.2, 0) is 0 Å². The second kappa shape index (κ2) is 11.9. The zero-order valence-electron chi connectivity index (χ0n) is 27.5. The summed E-state index contributed by atoms with van der Waals surface area (Å²) in [5.41, 5.74) is 8.89. The van der Waals surface area contributed by atoms with Crippen LogP contribution < -0.4 is 0 Å². The van der Waals surface area contributed by atoms with E-state index < -0.39 is 0 Å². The lowest BCUT2D eigenvalue weighted by molar-refractivity contribution is 0.669. The van der Waals surface area contributed by atoms with E-state index in [4.69, 9.17) is 19.4 Å². The smallest absolute Gasteiger partial charge is 0.164 e. The van der Waals surface area contributed by atoms with Gasteiger partial charge < -0.3 is 4.42 Å². The molecule has 10 rings (SSSR count). The highest BCUT2D eigenvalue weighted by Gasteiger charge is 2.20. The van der Waals surface area contributed by atoms with Gasteiger partial charge in [-0.3, -0.25) is 0 Å². The molecule has 0 saturated heterocycles. The SMILES string of the molecule is c1ccc(-c2ccc3cc(-c4cc(-c5nc(-c6ccccc6)nc(-c6ccccc6)n5)c5c(c4)oc4cc6ccccc6cc45)ccc3c2)cc1. The van der Waals surface area contributed by atoms with Crippen molar-refractivity contribution in [2.75, 3.05) is 0 Å². The van der Waals surface area contributed by atoms with E-state index in [9.17, 15) is 0 Å². The van der Waals surface area contributed by atoms with Crippen LogP contribution in [0.2, 0.25) is 0 Å². The largest absolute Gasteiger partial charge is 0.456 e. The van der Waals surface area contributed by atoms with Gasteiger partial charge in [-0.2, -0.15) is 0 Å². The quantitative estimate of drug-likeness (QED) is 0.186. The second-order valence-electron chi connectivity index (χ2n) is 12.9. The van der Waals surface area contributed by atoms with Gasteiger partial charge in [0.25, 0.3) is 0 Å². The van der Waals surface area contributed by atoms with Gasteiger partial charge in [0, 0.05) is 27.5 Å². The van der Waals surface area contributed by atoms with Crippen molar-refractivity contribution in [1.29, 1.82) is 0 Å². The molecule has 238 valence electrons. The number of nitrogens with zero attached hydrogens (tertiary/aromatic N) is 3. The number of hydrogen-bond acceptors (Lipinski definition) is 4. The van der Waals surface area contributed by atoms with Gasteiger partial charge in [0.05, 0.1) is 0 Å². The number of rotatable bonds is 5. The van der Waals surface area contributed by atoms with Crippen LogP contribution in [0.15, 0.2) is 180 Å². The summed E-state index contributed by atoms with van der Waals surface area (Å²) in [6, 6.07) is 61.1. The topological polar surface area (TPSA) is 51.8 Å². The normalized spacial score (nSPS) is 11.5. The highest BCUT2D eigenvalue weighted by Crippen LogP contribution is 2.41. The summed E-state index contributed by atoms with van der Waals surface area (Å²) in [4.78, 5) is 15.3. The number of fused-ring (bicyclic) bond motifs is 5. The monoisotopic (exact) mass is 651 g/mol. The van der Waals surface area contributed by atoms with E-state index in [-0.39, 0.29) is 0 Å². The number of benzene rings is 8. The molecule has 0 N–H and O–H groups in total. The summed E-state index contributed by atoms with van der Waals surface area (Å²) in [6.45, 7) is 0. The van der Waals surface area contributed by atoms with Crippen LogP contribution in [0.1, 0.15) is 0 Å². The van der Waals surface area contributed by atoms with E-state index in [1.165, 1.54) is 21.9 Å². The lowest BCUT2D eigenvalue weighted by atomic mass is 9.95. The Labute approximate surface area is 294 Å². The van der Waals surface area contributed by atoms with E-state index in [0.717, 1.165) is 60.5 Å². The Bertz CT molecular complexity index is 2840. The molecule has 0 aliphatic carbocycles. The van der Waals surface area contributed by atoms with E-state index in [2.05, 4.69) is 109 Å². The average molecular weight is 652 g/mol. The summed E-state index contributed by atoms with van der Waals surface area (Å²) in [6.07, 6.45) is 0. The molecule has 10 aromatic rings. The Morgan fingerprint density at radius 3 is 1.41 bits per heavy atom. The highest BCUT2D eigenvalue weighted by atomic mass is 16.3. The van der Waals surface area contributed by atoms with Crippen molar-refractivity contribution < 1.29 is 4.42 Å². The van der Waals surface area contributed by atoms with Crippen LogP contribution in [0, 0.1) is 0 Å². The molecule has 0 unspecified atom stereocenters. The maximum atomic E-state index is 6.70. The molecule has 0 spiro atoms. The zero-order chi connectivity index (χ0) is 33.7. The number of aromatic nitrogens is 3. The van der Waals surface area contributed by atoms with Crippen molar-refractivity contribution >= 4 is 43.5 Å². The van der Waals surface area contributed by atoms with Crippen molar-refractivity contribution in [2.45, 2.75) is 0 Å². The Balaban J connectivity index is 1.22. The van der Waals surface area contributed by atoms with Gasteiger partial charge in [0.1, 0.15) is 11.2 Å². The molecular formula is C47H29N3O. The Morgan fingerprint density at radius 1 is 0.314 bits per heavy atom. The van der Waals surface area contributed by atoms with Crippen LogP contribution >= 0.6 is 0 Å². The first-order valence-corrected chi connectivity index (χ1v) is 17.1. The number of hydrogen-bond donors (Lipinski definition) is 0. The van der Waals surface area contributed by atoms with Crippen molar-refractivity contribution in [1.82, 2.24) is 15.0 Å². The van der Waals surface area contributed by atoms with Crippen LogP contribution in [0.3, 0.4) is 0 Å². The van der Waals surface area contributed by atoms with E-state index in [1.807, 2.05) is 66.7 Å². The van der Waals surface area contributed by atoms with Gasteiger partial charge in [0.2, 0.25) is 0 Å². The second-order valence-corrected chi connectivity index (χ2v) is 12.9. The molecule has 0 amide bonds. The summed E-state index contributed by atoms with van der Waals surface area (Å²) < 4.78 is 6.70. The third-order valence-electron chi connectivity index (χ3n) is 9.66. The molecule has 0 aliphatic rings.